The Kier molecular flexibility index (Phi) is 5.32. The second kappa shape index (κ2) is 7.95. The zero-order chi connectivity index (χ0) is 22.3. The Balaban J connectivity index is 1.51. The fraction of sp³-hybridized carbons (Fsp3) is 0.286. The molecular weight excluding hydrogens is 420 g/mol. The van der Waals surface area contributed by atoms with E-state index in [1.807, 2.05) is 24.4 Å². The Morgan fingerprint density at radius 1 is 1.10 bits per heavy atom. The Hall–Kier alpha value is -3.53. The molecule has 1 fully saturated rings. The molecule has 0 unspecified atom stereocenters. The van der Waals surface area contributed by atoms with Crippen LogP contribution < -0.4 is 0 Å². The Labute approximate surface area is 181 Å². The van der Waals surface area contributed by atoms with Crippen molar-refractivity contribution < 1.29 is 23.7 Å². The van der Waals surface area contributed by atoms with E-state index in [9.17, 15) is 19.2 Å². The van der Waals surface area contributed by atoms with E-state index in [0.717, 1.165) is 15.5 Å². The molecule has 0 bridgehead atoms. The van der Waals surface area contributed by atoms with Crippen LogP contribution >= 0.6 is 11.3 Å². The molecule has 9 nitrogen and oxygen atoms in total. The fourth-order valence-electron chi connectivity index (χ4n) is 3.65. The highest BCUT2D eigenvalue weighted by Crippen LogP contribution is 2.22. The summed E-state index contributed by atoms with van der Waals surface area (Å²) in [6.45, 7) is 4.92. The first-order valence-electron chi connectivity index (χ1n) is 9.63. The minimum Gasteiger partial charge on any atom is -0.360 e. The number of aromatic nitrogens is 2. The summed E-state index contributed by atoms with van der Waals surface area (Å²) >= 11 is 1.51. The van der Waals surface area contributed by atoms with Crippen molar-refractivity contribution in [2.24, 2.45) is 0 Å². The van der Waals surface area contributed by atoms with Gasteiger partial charge in [0.1, 0.15) is 5.76 Å². The third-order valence-corrected chi connectivity index (χ3v) is 6.11. The summed E-state index contributed by atoms with van der Waals surface area (Å²) in [6, 6.07) is 6.42. The molecule has 0 saturated carbocycles. The van der Waals surface area contributed by atoms with Crippen molar-refractivity contribution in [1.29, 1.82) is 0 Å². The Bertz CT molecular complexity index is 1190. The maximum absolute atomic E-state index is 12.9. The van der Waals surface area contributed by atoms with Crippen LogP contribution in [-0.4, -0.2) is 56.2 Å². The molecule has 0 radical (unpaired) electrons. The van der Waals surface area contributed by atoms with Crippen LogP contribution in [0.3, 0.4) is 0 Å². The van der Waals surface area contributed by atoms with Gasteiger partial charge in [0.2, 0.25) is 0 Å². The van der Waals surface area contributed by atoms with E-state index in [2.05, 4.69) is 5.16 Å². The van der Waals surface area contributed by atoms with Crippen LogP contribution in [0.5, 0.6) is 0 Å². The molecule has 4 heterocycles. The van der Waals surface area contributed by atoms with Gasteiger partial charge in [-0.25, -0.2) is 9.69 Å². The lowest BCUT2D eigenvalue weighted by Gasteiger charge is -2.14. The largest absolute Gasteiger partial charge is 0.360 e. The second-order valence-corrected chi connectivity index (χ2v) is 8.33. The molecule has 4 rings (SSSR count). The van der Waals surface area contributed by atoms with Gasteiger partial charge in [-0.15, -0.1) is 11.3 Å². The van der Waals surface area contributed by atoms with Crippen LogP contribution in [0.25, 0.3) is 5.82 Å². The van der Waals surface area contributed by atoms with Crippen molar-refractivity contribution >= 4 is 35.0 Å². The van der Waals surface area contributed by atoms with Gasteiger partial charge in [0.25, 0.3) is 0 Å². The summed E-state index contributed by atoms with van der Waals surface area (Å²) in [5.74, 6) is -1.16. The lowest BCUT2D eigenvalue weighted by molar-refractivity contribution is -0.143. The van der Waals surface area contributed by atoms with Crippen LogP contribution in [0.1, 0.15) is 32.4 Å². The molecule has 31 heavy (non-hydrogen) atoms. The predicted octanol–water partition coefficient (Wildman–Crippen LogP) is 2.67. The number of urea groups is 1. The Morgan fingerprint density at radius 3 is 2.48 bits per heavy atom. The number of nitrogens with zero attached hydrogens (tertiary/aromatic N) is 4. The minimum absolute atomic E-state index is 0.0919. The summed E-state index contributed by atoms with van der Waals surface area (Å²) in [5, 5.41) is 5.88. The lowest BCUT2D eigenvalue weighted by Crippen LogP contribution is -2.37. The number of rotatable bonds is 7. The van der Waals surface area contributed by atoms with Gasteiger partial charge in [0.15, 0.2) is 11.6 Å². The first-order valence-corrected chi connectivity index (χ1v) is 10.5. The number of imide groups is 2. The number of carbonyl (C=O) groups is 4. The third kappa shape index (κ3) is 3.70. The number of carbonyl (C=O) groups excluding carboxylic acids is 4. The number of Topliss-reactive ketones (excluding diaryl/α,β-unsaturated/α-hetero) is 1. The maximum Gasteiger partial charge on any atom is 0.334 e. The molecule has 1 aliphatic heterocycles. The van der Waals surface area contributed by atoms with E-state index in [-0.39, 0.29) is 6.54 Å². The van der Waals surface area contributed by atoms with Crippen LogP contribution in [0.15, 0.2) is 34.2 Å². The lowest BCUT2D eigenvalue weighted by atomic mass is 10.1. The number of hydrogen-bond acceptors (Lipinski definition) is 7. The number of hydrogen-bond donors (Lipinski definition) is 0. The molecule has 3 aromatic heterocycles. The highest BCUT2D eigenvalue weighted by molar-refractivity contribution is 7.09. The summed E-state index contributed by atoms with van der Waals surface area (Å²) in [6.07, 6.45) is 0.461. The highest BCUT2D eigenvalue weighted by Gasteiger charge is 2.45. The van der Waals surface area contributed by atoms with Gasteiger partial charge < -0.3 is 4.52 Å². The minimum atomic E-state index is -0.981. The molecule has 0 aromatic carbocycles. The van der Waals surface area contributed by atoms with Gasteiger partial charge in [-0.2, -0.15) is 0 Å². The van der Waals surface area contributed by atoms with E-state index >= 15 is 0 Å². The van der Waals surface area contributed by atoms with E-state index in [0.29, 0.717) is 34.2 Å². The molecular formula is C21H20N4O5S. The molecule has 0 N–H and O–H groups in total. The number of aryl methyl sites for hydroxylation is 2. The standard InChI is InChI=1S/C21H20N4O5S/c1-12-9-16(14(3)25(12)18-10-13(2)30-22-18)17(26)11-24-20(28)19(27)23(21(24)29)7-6-15-5-4-8-31-15/h4-5,8-10H,6-7,11H2,1-3H3. The van der Waals surface area contributed by atoms with Crippen molar-refractivity contribution in [3.05, 3.63) is 57.2 Å². The molecule has 3 aromatic rings. The van der Waals surface area contributed by atoms with Crippen molar-refractivity contribution in [2.45, 2.75) is 27.2 Å². The zero-order valence-corrected chi connectivity index (χ0v) is 18.1. The van der Waals surface area contributed by atoms with Crippen LogP contribution in [0.4, 0.5) is 4.79 Å². The van der Waals surface area contributed by atoms with Gasteiger partial charge in [-0.1, -0.05) is 11.2 Å². The SMILES string of the molecule is Cc1cc(-n2c(C)cc(C(=O)CN3C(=O)C(=O)N(CCc4cccs4)C3=O)c2C)no1. The van der Waals surface area contributed by atoms with Crippen molar-refractivity contribution in [1.82, 2.24) is 19.5 Å². The monoisotopic (exact) mass is 440 g/mol. The third-order valence-electron chi connectivity index (χ3n) is 5.17. The molecule has 160 valence electrons. The Morgan fingerprint density at radius 2 is 1.84 bits per heavy atom. The number of ketones is 1. The maximum atomic E-state index is 12.9. The van der Waals surface area contributed by atoms with E-state index in [1.165, 1.54) is 11.3 Å². The van der Waals surface area contributed by atoms with E-state index in [4.69, 9.17) is 4.52 Å². The van der Waals surface area contributed by atoms with Gasteiger partial charge in [0, 0.05) is 40.9 Å². The smallest absolute Gasteiger partial charge is 0.334 e. The molecule has 1 saturated heterocycles. The normalized spacial score (nSPS) is 14.2. The van der Waals surface area contributed by atoms with Gasteiger partial charge in [-0.3, -0.25) is 23.9 Å². The van der Waals surface area contributed by atoms with Crippen molar-refractivity contribution in [3.8, 4) is 5.82 Å². The van der Waals surface area contributed by atoms with E-state index < -0.39 is 30.2 Å². The first kappa shape index (κ1) is 20.7. The second-order valence-electron chi connectivity index (χ2n) is 7.30. The highest BCUT2D eigenvalue weighted by atomic mass is 32.1. The van der Waals surface area contributed by atoms with E-state index in [1.54, 1.807) is 30.5 Å². The molecule has 1 aliphatic rings. The molecule has 0 spiro atoms. The average molecular weight is 440 g/mol. The quantitative estimate of drug-likeness (QED) is 0.318. The summed E-state index contributed by atoms with van der Waals surface area (Å²) in [5.41, 5.74) is 1.71. The molecule has 4 amide bonds. The molecule has 0 atom stereocenters. The van der Waals surface area contributed by atoms with Gasteiger partial charge in [-0.05, 0) is 38.3 Å². The average Bonchev–Trinajstić information content (AvgIpc) is 3.49. The number of amides is 4. The summed E-state index contributed by atoms with van der Waals surface area (Å²) in [7, 11) is 0. The summed E-state index contributed by atoms with van der Waals surface area (Å²) < 4.78 is 6.87. The molecule has 0 aliphatic carbocycles. The van der Waals surface area contributed by atoms with Crippen LogP contribution in [0, 0.1) is 20.8 Å². The first-order chi connectivity index (χ1) is 14.8. The zero-order valence-electron chi connectivity index (χ0n) is 17.2. The predicted molar refractivity (Wildman–Crippen MR) is 111 cm³/mol. The number of thiophene rings is 1. The fourth-order valence-corrected chi connectivity index (χ4v) is 4.35. The van der Waals surface area contributed by atoms with Gasteiger partial charge >= 0.3 is 17.8 Å². The van der Waals surface area contributed by atoms with Crippen molar-refractivity contribution in [2.75, 3.05) is 13.1 Å². The van der Waals surface area contributed by atoms with Crippen LogP contribution in [0.2, 0.25) is 0 Å². The van der Waals surface area contributed by atoms with Crippen LogP contribution in [-0.2, 0) is 16.0 Å². The molecule has 10 heteroatoms. The van der Waals surface area contributed by atoms with Gasteiger partial charge in [0.05, 0.1) is 6.54 Å². The summed E-state index contributed by atoms with van der Waals surface area (Å²) in [4.78, 5) is 52.9. The van der Waals surface area contributed by atoms with Crippen molar-refractivity contribution in [3.63, 3.8) is 0 Å². The topological polar surface area (TPSA) is 106 Å².